The van der Waals surface area contributed by atoms with Crippen molar-refractivity contribution >= 4 is 23.3 Å². The number of carbonyl (C=O) groups excluding carboxylic acids is 2. The number of nitrogen functional groups attached to an aromatic ring is 2. The Hall–Kier alpha value is -3.84. The summed E-state index contributed by atoms with van der Waals surface area (Å²) in [5, 5.41) is 20.4. The van der Waals surface area contributed by atoms with E-state index in [0.717, 1.165) is 0 Å². The zero-order valence-electron chi connectivity index (χ0n) is 21.0. The van der Waals surface area contributed by atoms with Gasteiger partial charge in [0, 0.05) is 0 Å². The van der Waals surface area contributed by atoms with E-state index in [-0.39, 0.29) is 37.5 Å². The van der Waals surface area contributed by atoms with Gasteiger partial charge in [-0.1, -0.05) is 26.7 Å². The van der Waals surface area contributed by atoms with Gasteiger partial charge in [-0.25, -0.2) is 9.59 Å². The number of halogens is 6. The van der Waals surface area contributed by atoms with Crippen LogP contribution in [0.15, 0.2) is 24.3 Å². The molecular weight excluding hydrogens is 538 g/mol. The Kier molecular flexibility index (Phi) is 9.58. The summed E-state index contributed by atoms with van der Waals surface area (Å²) in [4.78, 5) is 24.9. The standard InChI is InChI=1S/C25H28F6N2O6/c1-3-5-7-38-21(36)15-9-13(11-17(32)19(15)34)23(24(26,27)28,25(29,30)31)14-10-16(20(35)18(33)12-14)22(37)39-8-6-4-2/h9-12,34-35H,3-8,32-33H2,1-2H3. The number of anilines is 2. The molecule has 0 amide bonds. The molecule has 2 aromatic rings. The summed E-state index contributed by atoms with van der Waals surface area (Å²) in [6, 6.07) is 0.759. The average Bonchev–Trinajstić information content (AvgIpc) is 2.81. The first-order valence-corrected chi connectivity index (χ1v) is 11.8. The third-order valence-corrected chi connectivity index (χ3v) is 5.90. The Balaban J connectivity index is 2.93. The summed E-state index contributed by atoms with van der Waals surface area (Å²) in [5.74, 6) is -4.97. The van der Waals surface area contributed by atoms with Gasteiger partial charge in [0.15, 0.2) is 11.5 Å². The molecular formula is C25H28F6N2O6. The van der Waals surface area contributed by atoms with E-state index in [4.69, 9.17) is 20.9 Å². The van der Waals surface area contributed by atoms with E-state index in [2.05, 4.69) is 0 Å². The molecule has 14 heteroatoms. The molecule has 0 aliphatic rings. The van der Waals surface area contributed by atoms with Crippen LogP contribution in [0.2, 0.25) is 0 Å². The number of hydrogen-bond acceptors (Lipinski definition) is 8. The zero-order valence-corrected chi connectivity index (χ0v) is 21.0. The predicted octanol–water partition coefficient (Wildman–Crippen LogP) is 5.59. The monoisotopic (exact) mass is 566 g/mol. The van der Waals surface area contributed by atoms with Gasteiger partial charge in [-0.15, -0.1) is 0 Å². The molecule has 2 rings (SSSR count). The van der Waals surface area contributed by atoms with Crippen LogP contribution in [0.3, 0.4) is 0 Å². The Morgan fingerprint density at radius 1 is 0.718 bits per heavy atom. The van der Waals surface area contributed by atoms with Crippen molar-refractivity contribution in [2.45, 2.75) is 57.3 Å². The minimum absolute atomic E-state index is 0.170. The molecule has 2 aromatic carbocycles. The minimum Gasteiger partial charge on any atom is -0.505 e. The number of aromatic hydroxyl groups is 2. The third kappa shape index (κ3) is 6.09. The van der Waals surface area contributed by atoms with Crippen molar-refractivity contribution in [1.29, 1.82) is 0 Å². The molecule has 0 unspecified atom stereocenters. The number of phenolic OH excluding ortho intramolecular Hbond substituents is 2. The van der Waals surface area contributed by atoms with Crippen LogP contribution in [0, 0.1) is 0 Å². The van der Waals surface area contributed by atoms with Crippen LogP contribution in [-0.4, -0.2) is 47.7 Å². The van der Waals surface area contributed by atoms with Crippen LogP contribution in [0.25, 0.3) is 0 Å². The maximum atomic E-state index is 14.7. The van der Waals surface area contributed by atoms with Crippen LogP contribution < -0.4 is 11.5 Å². The Labute approximate surface area is 219 Å². The molecule has 0 radical (unpaired) electrons. The van der Waals surface area contributed by atoms with E-state index >= 15 is 0 Å². The average molecular weight is 566 g/mol. The van der Waals surface area contributed by atoms with E-state index in [1.807, 2.05) is 0 Å². The van der Waals surface area contributed by atoms with Crippen molar-refractivity contribution in [2.75, 3.05) is 24.7 Å². The lowest BCUT2D eigenvalue weighted by Gasteiger charge is -2.39. The van der Waals surface area contributed by atoms with Gasteiger partial charge in [-0.2, -0.15) is 26.3 Å². The van der Waals surface area contributed by atoms with Crippen LogP contribution in [-0.2, 0) is 14.9 Å². The van der Waals surface area contributed by atoms with Crippen molar-refractivity contribution in [2.24, 2.45) is 0 Å². The molecule has 0 saturated carbocycles. The van der Waals surface area contributed by atoms with Crippen molar-refractivity contribution in [1.82, 2.24) is 0 Å². The lowest BCUT2D eigenvalue weighted by atomic mass is 9.71. The van der Waals surface area contributed by atoms with E-state index in [1.165, 1.54) is 0 Å². The van der Waals surface area contributed by atoms with Crippen LogP contribution in [0.4, 0.5) is 37.7 Å². The number of hydrogen-bond donors (Lipinski definition) is 4. The maximum absolute atomic E-state index is 14.7. The molecule has 0 heterocycles. The fourth-order valence-corrected chi connectivity index (χ4v) is 3.81. The second-order valence-corrected chi connectivity index (χ2v) is 8.65. The molecule has 0 atom stereocenters. The maximum Gasteiger partial charge on any atom is 0.411 e. The van der Waals surface area contributed by atoms with Crippen molar-refractivity contribution in [3.05, 3.63) is 46.5 Å². The number of alkyl halides is 6. The second kappa shape index (κ2) is 11.9. The molecule has 0 aliphatic heterocycles. The molecule has 0 aromatic heterocycles. The first-order chi connectivity index (χ1) is 18.0. The van der Waals surface area contributed by atoms with E-state index < -0.39 is 74.8 Å². The van der Waals surface area contributed by atoms with Gasteiger partial charge in [-0.3, -0.25) is 0 Å². The number of unbranched alkanes of at least 4 members (excludes halogenated alkanes) is 2. The highest BCUT2D eigenvalue weighted by Gasteiger charge is 2.73. The van der Waals surface area contributed by atoms with Gasteiger partial charge < -0.3 is 31.2 Å². The number of esters is 2. The number of carbonyl (C=O) groups is 2. The summed E-state index contributed by atoms with van der Waals surface area (Å²) in [6.07, 6.45) is -10.6. The van der Waals surface area contributed by atoms with Gasteiger partial charge in [-0.05, 0) is 48.2 Å². The third-order valence-electron chi connectivity index (χ3n) is 5.90. The smallest absolute Gasteiger partial charge is 0.411 e. The zero-order chi connectivity index (χ0) is 29.8. The number of phenols is 2. The van der Waals surface area contributed by atoms with E-state index in [1.54, 1.807) is 13.8 Å². The van der Waals surface area contributed by atoms with Gasteiger partial charge in [0.2, 0.25) is 5.41 Å². The predicted molar refractivity (Wildman–Crippen MR) is 128 cm³/mol. The van der Waals surface area contributed by atoms with Crippen LogP contribution >= 0.6 is 0 Å². The molecule has 0 saturated heterocycles. The van der Waals surface area contributed by atoms with Gasteiger partial charge in [0.1, 0.15) is 11.1 Å². The van der Waals surface area contributed by atoms with Gasteiger partial charge in [0.05, 0.1) is 24.6 Å². The topological polar surface area (TPSA) is 145 Å². The van der Waals surface area contributed by atoms with E-state index in [0.29, 0.717) is 25.7 Å². The summed E-state index contributed by atoms with van der Waals surface area (Å²) in [7, 11) is 0. The largest absolute Gasteiger partial charge is 0.505 e. The Morgan fingerprint density at radius 2 is 1.05 bits per heavy atom. The fourth-order valence-electron chi connectivity index (χ4n) is 3.81. The number of rotatable bonds is 10. The first kappa shape index (κ1) is 31.4. The van der Waals surface area contributed by atoms with Crippen molar-refractivity contribution in [3.8, 4) is 11.5 Å². The Bertz CT molecular complexity index is 1120. The molecule has 0 fully saturated rings. The summed E-state index contributed by atoms with van der Waals surface area (Å²) >= 11 is 0. The molecule has 0 spiro atoms. The highest BCUT2D eigenvalue weighted by molar-refractivity contribution is 5.96. The summed E-state index contributed by atoms with van der Waals surface area (Å²) in [6.45, 7) is 3.03. The van der Waals surface area contributed by atoms with Gasteiger partial charge in [0.25, 0.3) is 0 Å². The lowest BCUT2D eigenvalue weighted by molar-refractivity contribution is -0.288. The number of nitrogens with two attached hydrogens (primary N) is 2. The molecule has 0 bridgehead atoms. The summed E-state index contributed by atoms with van der Waals surface area (Å²) < 4.78 is 98.0. The van der Waals surface area contributed by atoms with E-state index in [9.17, 15) is 46.1 Å². The fraction of sp³-hybridized carbons (Fsp3) is 0.440. The quantitative estimate of drug-likeness (QED) is 0.0958. The molecule has 39 heavy (non-hydrogen) atoms. The first-order valence-electron chi connectivity index (χ1n) is 11.8. The highest BCUT2D eigenvalue weighted by atomic mass is 19.4. The van der Waals surface area contributed by atoms with Crippen LogP contribution in [0.5, 0.6) is 11.5 Å². The van der Waals surface area contributed by atoms with Gasteiger partial charge >= 0.3 is 24.3 Å². The molecule has 216 valence electrons. The minimum atomic E-state index is -6.18. The van der Waals surface area contributed by atoms with Crippen molar-refractivity contribution in [3.63, 3.8) is 0 Å². The Morgan fingerprint density at radius 3 is 1.33 bits per heavy atom. The lowest BCUT2D eigenvalue weighted by Crippen LogP contribution is -2.55. The SMILES string of the molecule is CCCCOC(=O)c1cc(C(c2cc(N)c(O)c(C(=O)OCCCC)c2)(C(F)(F)F)C(F)(F)F)cc(N)c1O. The van der Waals surface area contributed by atoms with Crippen LogP contribution in [0.1, 0.15) is 71.4 Å². The normalized spacial score (nSPS) is 12.3. The molecule has 0 aliphatic carbocycles. The number of benzene rings is 2. The summed E-state index contributed by atoms with van der Waals surface area (Å²) in [5.41, 5.74) is -1.09. The molecule has 8 nitrogen and oxygen atoms in total. The van der Waals surface area contributed by atoms with Crippen molar-refractivity contribution < 1.29 is 55.6 Å². The second-order valence-electron chi connectivity index (χ2n) is 8.65. The molecule has 6 N–H and O–H groups in total. The number of ether oxygens (including phenoxy) is 2. The highest BCUT2D eigenvalue weighted by Crippen LogP contribution is 2.58.